The molecule has 1 saturated heterocycles. The average Bonchev–Trinajstić information content (AvgIpc) is 3.04. The number of anilines is 1. The lowest BCUT2D eigenvalue weighted by molar-refractivity contribution is -0.117. The quantitative estimate of drug-likeness (QED) is 0.736. The normalized spacial score (nSPS) is 18.2. The van der Waals surface area contributed by atoms with Crippen LogP contribution in [0.1, 0.15) is 43.2 Å². The van der Waals surface area contributed by atoms with Crippen molar-refractivity contribution in [1.82, 2.24) is 4.72 Å². The van der Waals surface area contributed by atoms with Crippen molar-refractivity contribution in [2.24, 2.45) is 5.92 Å². The molecule has 0 atom stereocenters. The summed E-state index contributed by atoms with van der Waals surface area (Å²) in [5, 5.41) is 0. The number of halogens is 1. The lowest BCUT2D eigenvalue weighted by atomic mass is 9.89. The molecule has 0 aromatic heterocycles. The highest BCUT2D eigenvalue weighted by Crippen LogP contribution is 2.36. The summed E-state index contributed by atoms with van der Waals surface area (Å²) in [5.74, 6) is 4.70. The first-order chi connectivity index (χ1) is 14.9. The van der Waals surface area contributed by atoms with E-state index in [1.54, 1.807) is 0 Å². The van der Waals surface area contributed by atoms with Crippen LogP contribution in [0.5, 0.6) is 5.75 Å². The summed E-state index contributed by atoms with van der Waals surface area (Å²) in [6.07, 6.45) is 5.38. The van der Waals surface area contributed by atoms with Crippen molar-refractivity contribution in [3.63, 3.8) is 0 Å². The van der Waals surface area contributed by atoms with Crippen LogP contribution in [0.3, 0.4) is 0 Å². The molecular formula is C23H23FN2O4S. The zero-order valence-corrected chi connectivity index (χ0v) is 17.8. The van der Waals surface area contributed by atoms with E-state index in [0.717, 1.165) is 31.2 Å². The molecule has 0 unspecified atom stereocenters. The maximum Gasteiger partial charge on any atom is 0.326 e. The van der Waals surface area contributed by atoms with Gasteiger partial charge in [0.15, 0.2) is 5.82 Å². The molecule has 1 saturated carbocycles. The number of nitrogens with one attached hydrogen (secondary N) is 1. The molecule has 1 heterocycles. The molecule has 8 heteroatoms. The minimum absolute atomic E-state index is 0.0321. The topological polar surface area (TPSA) is 75.7 Å². The van der Waals surface area contributed by atoms with E-state index in [4.69, 9.17) is 4.74 Å². The first-order valence-corrected chi connectivity index (χ1v) is 11.7. The van der Waals surface area contributed by atoms with Crippen LogP contribution in [-0.4, -0.2) is 20.9 Å². The van der Waals surface area contributed by atoms with Crippen molar-refractivity contribution >= 4 is 21.8 Å². The maximum atomic E-state index is 15.5. The fourth-order valence-electron chi connectivity index (χ4n) is 3.80. The van der Waals surface area contributed by atoms with Crippen molar-refractivity contribution in [3.8, 4) is 17.6 Å². The molecular weight excluding hydrogens is 419 g/mol. The monoisotopic (exact) mass is 442 g/mol. The molecule has 4 rings (SSSR count). The number of carbonyl (C=O) groups is 1. The van der Waals surface area contributed by atoms with Gasteiger partial charge in [-0.1, -0.05) is 61.4 Å². The zero-order valence-electron chi connectivity index (χ0n) is 16.9. The third kappa shape index (κ3) is 4.83. The Balaban J connectivity index is 1.70. The van der Waals surface area contributed by atoms with Crippen LogP contribution < -0.4 is 13.8 Å². The first kappa shape index (κ1) is 21.2. The van der Waals surface area contributed by atoms with Crippen molar-refractivity contribution in [2.75, 3.05) is 10.8 Å². The number of benzene rings is 2. The fourth-order valence-corrected chi connectivity index (χ4v) is 4.96. The Morgan fingerprint density at radius 3 is 2.52 bits per heavy atom. The molecule has 31 heavy (non-hydrogen) atoms. The van der Waals surface area contributed by atoms with Gasteiger partial charge < -0.3 is 4.74 Å². The van der Waals surface area contributed by atoms with Gasteiger partial charge >= 0.3 is 10.2 Å². The van der Waals surface area contributed by atoms with Gasteiger partial charge in [0.05, 0.1) is 5.56 Å². The summed E-state index contributed by atoms with van der Waals surface area (Å²) in [6.45, 7) is -0.393. The SMILES string of the molecule is O=C1CN(c2c(OCc3ccccc3)ccc(C#CC3CCCCC3)c2F)S(=O)(=O)N1. The van der Waals surface area contributed by atoms with Crippen LogP contribution in [0.2, 0.25) is 0 Å². The molecule has 2 aromatic rings. The van der Waals surface area contributed by atoms with E-state index in [1.165, 1.54) is 18.6 Å². The largest absolute Gasteiger partial charge is 0.487 e. The number of rotatable bonds is 4. The molecule has 1 N–H and O–H groups in total. The Kier molecular flexibility index (Phi) is 6.14. The molecule has 0 radical (unpaired) electrons. The Labute approximate surface area is 181 Å². The lowest BCUT2D eigenvalue weighted by Crippen LogP contribution is -2.30. The predicted octanol–water partition coefficient (Wildman–Crippen LogP) is 3.52. The molecule has 0 spiro atoms. The Bertz CT molecular complexity index is 1130. The average molecular weight is 443 g/mol. The van der Waals surface area contributed by atoms with Crippen LogP contribution in [0.4, 0.5) is 10.1 Å². The van der Waals surface area contributed by atoms with Gasteiger partial charge in [-0.05, 0) is 30.5 Å². The molecule has 162 valence electrons. The van der Waals surface area contributed by atoms with Crippen LogP contribution in [-0.2, 0) is 21.6 Å². The number of hydrogen-bond acceptors (Lipinski definition) is 4. The Morgan fingerprint density at radius 2 is 1.84 bits per heavy atom. The van der Waals surface area contributed by atoms with E-state index in [9.17, 15) is 13.2 Å². The predicted molar refractivity (Wildman–Crippen MR) is 115 cm³/mol. The highest BCUT2D eigenvalue weighted by atomic mass is 32.2. The summed E-state index contributed by atoms with van der Waals surface area (Å²) in [7, 11) is -4.20. The standard InChI is InChI=1S/C23H23FN2O4S/c24-22-19(12-11-17-7-3-1-4-8-17)13-14-20(30-16-18-9-5-2-6-10-18)23(22)26-15-21(27)25-31(26,28)29/h2,5-6,9-10,13-14,17H,1,3-4,7-8,15-16H2,(H,25,27). The summed E-state index contributed by atoms with van der Waals surface area (Å²) < 4.78 is 48.7. The van der Waals surface area contributed by atoms with Gasteiger partial charge in [-0.3, -0.25) is 4.79 Å². The van der Waals surface area contributed by atoms with Crippen LogP contribution in [0.15, 0.2) is 42.5 Å². The highest BCUT2D eigenvalue weighted by molar-refractivity contribution is 7.92. The fraction of sp³-hybridized carbons (Fsp3) is 0.348. The minimum atomic E-state index is -4.20. The number of carbonyl (C=O) groups excluding carboxylic acids is 1. The van der Waals surface area contributed by atoms with Gasteiger partial charge in [-0.2, -0.15) is 8.42 Å². The summed E-state index contributed by atoms with van der Waals surface area (Å²) in [4.78, 5) is 11.7. The zero-order chi connectivity index (χ0) is 21.8. The van der Waals surface area contributed by atoms with E-state index in [-0.39, 0.29) is 29.5 Å². The third-order valence-electron chi connectivity index (χ3n) is 5.40. The molecule has 2 aromatic carbocycles. The van der Waals surface area contributed by atoms with E-state index < -0.39 is 28.5 Å². The summed E-state index contributed by atoms with van der Waals surface area (Å²) in [5.41, 5.74) is 0.625. The second kappa shape index (κ2) is 8.98. The molecule has 1 aliphatic heterocycles. The second-order valence-electron chi connectivity index (χ2n) is 7.69. The van der Waals surface area contributed by atoms with Crippen molar-refractivity contribution < 1.29 is 22.3 Å². The van der Waals surface area contributed by atoms with Gasteiger partial charge in [0.2, 0.25) is 0 Å². The van der Waals surface area contributed by atoms with Crippen LogP contribution in [0, 0.1) is 23.6 Å². The first-order valence-electron chi connectivity index (χ1n) is 10.3. The van der Waals surface area contributed by atoms with Crippen molar-refractivity contribution in [1.29, 1.82) is 0 Å². The van der Waals surface area contributed by atoms with Gasteiger partial charge in [0, 0.05) is 5.92 Å². The van der Waals surface area contributed by atoms with Crippen LogP contribution in [0.25, 0.3) is 0 Å². The number of amides is 1. The van der Waals surface area contributed by atoms with E-state index in [2.05, 4.69) is 11.8 Å². The minimum Gasteiger partial charge on any atom is -0.487 e. The number of nitrogens with zero attached hydrogens (tertiary/aromatic N) is 1. The van der Waals surface area contributed by atoms with Crippen LogP contribution >= 0.6 is 0 Å². The van der Waals surface area contributed by atoms with Gasteiger partial charge in [-0.25, -0.2) is 13.4 Å². The maximum absolute atomic E-state index is 15.5. The highest BCUT2D eigenvalue weighted by Gasteiger charge is 2.38. The number of ether oxygens (including phenoxy) is 1. The second-order valence-corrected chi connectivity index (χ2v) is 9.28. The lowest BCUT2D eigenvalue weighted by Gasteiger charge is -2.20. The molecule has 1 amide bonds. The number of hydrogen-bond donors (Lipinski definition) is 1. The molecule has 1 aliphatic carbocycles. The van der Waals surface area contributed by atoms with Gasteiger partial charge in [0.25, 0.3) is 5.91 Å². The van der Waals surface area contributed by atoms with E-state index >= 15 is 4.39 Å². The van der Waals surface area contributed by atoms with Gasteiger partial charge in [-0.15, -0.1) is 0 Å². The Hall–Kier alpha value is -3.05. The summed E-state index contributed by atoms with van der Waals surface area (Å²) in [6, 6.07) is 12.2. The van der Waals surface area contributed by atoms with Gasteiger partial charge in [0.1, 0.15) is 24.6 Å². The van der Waals surface area contributed by atoms with Crippen molar-refractivity contribution in [3.05, 3.63) is 59.4 Å². The summed E-state index contributed by atoms with van der Waals surface area (Å²) >= 11 is 0. The third-order valence-corrected chi connectivity index (χ3v) is 6.78. The molecule has 2 fully saturated rings. The molecule has 2 aliphatic rings. The smallest absolute Gasteiger partial charge is 0.326 e. The van der Waals surface area contributed by atoms with Crippen molar-refractivity contribution in [2.45, 2.75) is 38.7 Å². The van der Waals surface area contributed by atoms with E-state index in [0.29, 0.717) is 4.31 Å². The molecule has 6 nitrogen and oxygen atoms in total. The molecule has 0 bridgehead atoms. The Morgan fingerprint density at radius 1 is 1.10 bits per heavy atom. The van der Waals surface area contributed by atoms with E-state index in [1.807, 2.05) is 35.1 Å².